The van der Waals surface area contributed by atoms with E-state index in [0.29, 0.717) is 25.5 Å². The molecule has 1 atom stereocenters. The lowest BCUT2D eigenvalue weighted by Crippen LogP contribution is -2.41. The molecule has 2 aliphatic heterocycles. The molecule has 0 radical (unpaired) electrons. The van der Waals surface area contributed by atoms with Crippen LogP contribution in [0.3, 0.4) is 0 Å². The van der Waals surface area contributed by atoms with Crippen LogP contribution in [0.15, 0.2) is 24.3 Å². The molecule has 4 nitrogen and oxygen atoms in total. The Morgan fingerprint density at radius 2 is 2.00 bits per heavy atom. The molecular formula is C18H26N2O2. The van der Waals surface area contributed by atoms with Crippen molar-refractivity contribution in [1.29, 1.82) is 0 Å². The maximum atomic E-state index is 12.8. The molecule has 3 rings (SSSR count). The van der Waals surface area contributed by atoms with Crippen molar-refractivity contribution in [2.24, 2.45) is 5.92 Å². The summed E-state index contributed by atoms with van der Waals surface area (Å²) >= 11 is 0. The number of carbonyl (C=O) groups excluding carboxylic acids is 1. The van der Waals surface area contributed by atoms with Gasteiger partial charge in [0.2, 0.25) is 5.91 Å². The van der Waals surface area contributed by atoms with Gasteiger partial charge in [0.1, 0.15) is 12.4 Å². The average molecular weight is 302 g/mol. The fourth-order valence-electron chi connectivity index (χ4n) is 3.38. The van der Waals surface area contributed by atoms with Crippen LogP contribution in [0, 0.1) is 5.92 Å². The van der Waals surface area contributed by atoms with Crippen molar-refractivity contribution in [3.05, 3.63) is 29.8 Å². The highest BCUT2D eigenvalue weighted by molar-refractivity contribution is 5.77. The van der Waals surface area contributed by atoms with Crippen LogP contribution in [0.5, 0.6) is 5.75 Å². The number of hydrogen-bond donors (Lipinski definition) is 0. The summed E-state index contributed by atoms with van der Waals surface area (Å²) in [7, 11) is 2.16. The SMILES string of the molecule is CC1COc2ccccc2CN1C(=O)CC1CCN(C)CC1. The third kappa shape index (κ3) is 3.43. The number of likely N-dealkylation sites (tertiary alicyclic amines) is 1. The second-order valence-corrected chi connectivity index (χ2v) is 6.74. The molecular weight excluding hydrogens is 276 g/mol. The molecule has 1 amide bonds. The van der Waals surface area contributed by atoms with Crippen molar-refractivity contribution in [3.63, 3.8) is 0 Å². The van der Waals surface area contributed by atoms with E-state index >= 15 is 0 Å². The smallest absolute Gasteiger partial charge is 0.223 e. The van der Waals surface area contributed by atoms with E-state index in [9.17, 15) is 4.79 Å². The molecule has 120 valence electrons. The summed E-state index contributed by atoms with van der Waals surface area (Å²) in [5.41, 5.74) is 1.11. The molecule has 22 heavy (non-hydrogen) atoms. The van der Waals surface area contributed by atoms with E-state index in [-0.39, 0.29) is 11.9 Å². The number of amides is 1. The molecule has 1 unspecified atom stereocenters. The third-order valence-corrected chi connectivity index (χ3v) is 4.95. The van der Waals surface area contributed by atoms with E-state index in [2.05, 4.69) is 24.9 Å². The quantitative estimate of drug-likeness (QED) is 0.841. The number of fused-ring (bicyclic) bond motifs is 1. The average Bonchev–Trinajstić information content (AvgIpc) is 2.69. The number of para-hydroxylation sites is 1. The first-order valence-electron chi connectivity index (χ1n) is 8.32. The molecule has 0 aliphatic carbocycles. The van der Waals surface area contributed by atoms with Crippen LogP contribution in [-0.4, -0.2) is 48.5 Å². The highest BCUT2D eigenvalue weighted by Crippen LogP contribution is 2.27. The van der Waals surface area contributed by atoms with Crippen molar-refractivity contribution >= 4 is 5.91 Å². The Labute approximate surface area is 133 Å². The van der Waals surface area contributed by atoms with Crippen molar-refractivity contribution in [1.82, 2.24) is 9.80 Å². The Hall–Kier alpha value is -1.55. The monoisotopic (exact) mass is 302 g/mol. The van der Waals surface area contributed by atoms with E-state index in [1.807, 2.05) is 23.1 Å². The van der Waals surface area contributed by atoms with Gasteiger partial charge in [0.05, 0.1) is 6.04 Å². The summed E-state index contributed by atoms with van der Waals surface area (Å²) in [6.45, 7) is 5.55. The van der Waals surface area contributed by atoms with E-state index in [1.54, 1.807) is 0 Å². The molecule has 0 aromatic heterocycles. The highest BCUT2D eigenvalue weighted by Gasteiger charge is 2.28. The van der Waals surface area contributed by atoms with Crippen LogP contribution >= 0.6 is 0 Å². The van der Waals surface area contributed by atoms with E-state index in [4.69, 9.17) is 4.74 Å². The first kappa shape index (κ1) is 15.3. The Balaban J connectivity index is 1.66. The summed E-state index contributed by atoms with van der Waals surface area (Å²) in [5, 5.41) is 0. The van der Waals surface area contributed by atoms with Gasteiger partial charge in [0.15, 0.2) is 0 Å². The lowest BCUT2D eigenvalue weighted by molar-refractivity contribution is -0.135. The summed E-state index contributed by atoms with van der Waals surface area (Å²) in [5.74, 6) is 1.74. The molecule has 1 saturated heterocycles. The predicted molar refractivity (Wildman–Crippen MR) is 86.8 cm³/mol. The minimum Gasteiger partial charge on any atom is -0.491 e. The van der Waals surface area contributed by atoms with Crippen LogP contribution in [0.2, 0.25) is 0 Å². The van der Waals surface area contributed by atoms with Crippen molar-refractivity contribution < 1.29 is 9.53 Å². The fraction of sp³-hybridized carbons (Fsp3) is 0.611. The van der Waals surface area contributed by atoms with Crippen molar-refractivity contribution in [3.8, 4) is 5.75 Å². The molecule has 0 N–H and O–H groups in total. The maximum absolute atomic E-state index is 12.8. The molecule has 2 aliphatic rings. The summed E-state index contributed by atoms with van der Waals surface area (Å²) in [6.07, 6.45) is 2.95. The van der Waals surface area contributed by atoms with Gasteiger partial charge in [0.25, 0.3) is 0 Å². The van der Waals surface area contributed by atoms with Gasteiger partial charge in [-0.15, -0.1) is 0 Å². The lowest BCUT2D eigenvalue weighted by Gasteiger charge is -2.32. The van der Waals surface area contributed by atoms with Gasteiger partial charge in [-0.1, -0.05) is 18.2 Å². The number of piperidine rings is 1. The normalized spacial score (nSPS) is 23.5. The number of hydrogen-bond acceptors (Lipinski definition) is 3. The Bertz CT molecular complexity index is 524. The van der Waals surface area contributed by atoms with Crippen LogP contribution in [0.25, 0.3) is 0 Å². The third-order valence-electron chi connectivity index (χ3n) is 4.95. The van der Waals surface area contributed by atoms with Crippen LogP contribution in [-0.2, 0) is 11.3 Å². The maximum Gasteiger partial charge on any atom is 0.223 e. The summed E-state index contributed by atoms with van der Waals surface area (Å²) in [6, 6.07) is 8.18. The Morgan fingerprint density at radius 3 is 2.77 bits per heavy atom. The van der Waals surface area contributed by atoms with Crippen molar-refractivity contribution in [2.75, 3.05) is 26.7 Å². The zero-order valence-corrected chi connectivity index (χ0v) is 13.6. The number of rotatable bonds is 2. The van der Waals surface area contributed by atoms with Gasteiger partial charge in [-0.2, -0.15) is 0 Å². The lowest BCUT2D eigenvalue weighted by atomic mass is 9.93. The molecule has 0 bridgehead atoms. The zero-order valence-electron chi connectivity index (χ0n) is 13.6. The molecule has 0 spiro atoms. The van der Waals surface area contributed by atoms with Gasteiger partial charge < -0.3 is 14.5 Å². The molecule has 1 aromatic carbocycles. The standard InChI is InChI=1S/C18H26N2O2/c1-14-13-22-17-6-4-3-5-16(17)12-20(14)18(21)11-15-7-9-19(2)10-8-15/h3-6,14-15H,7-13H2,1-2H3. The van der Waals surface area contributed by atoms with Gasteiger partial charge in [-0.3, -0.25) is 4.79 Å². The number of benzene rings is 1. The van der Waals surface area contributed by atoms with Gasteiger partial charge in [-0.05, 0) is 51.9 Å². The van der Waals surface area contributed by atoms with Crippen LogP contribution < -0.4 is 4.74 Å². The minimum absolute atomic E-state index is 0.131. The molecule has 2 heterocycles. The van der Waals surface area contributed by atoms with Crippen LogP contribution in [0.1, 0.15) is 31.7 Å². The topological polar surface area (TPSA) is 32.8 Å². The zero-order chi connectivity index (χ0) is 15.5. The largest absolute Gasteiger partial charge is 0.491 e. The van der Waals surface area contributed by atoms with Crippen molar-refractivity contribution in [2.45, 2.75) is 38.8 Å². The first-order valence-corrected chi connectivity index (χ1v) is 8.32. The molecule has 1 fully saturated rings. The second-order valence-electron chi connectivity index (χ2n) is 6.74. The Morgan fingerprint density at radius 1 is 1.27 bits per heavy atom. The fourth-order valence-corrected chi connectivity index (χ4v) is 3.38. The van der Waals surface area contributed by atoms with Gasteiger partial charge >= 0.3 is 0 Å². The van der Waals surface area contributed by atoms with E-state index < -0.39 is 0 Å². The van der Waals surface area contributed by atoms with E-state index in [0.717, 1.165) is 37.2 Å². The number of nitrogens with zero attached hydrogens (tertiary/aromatic N) is 2. The summed E-state index contributed by atoms with van der Waals surface area (Å²) in [4.78, 5) is 17.1. The van der Waals surface area contributed by atoms with E-state index in [1.165, 1.54) is 0 Å². The number of ether oxygens (including phenoxy) is 1. The highest BCUT2D eigenvalue weighted by atomic mass is 16.5. The Kier molecular flexibility index (Phi) is 4.67. The minimum atomic E-state index is 0.131. The first-order chi connectivity index (χ1) is 10.6. The number of carbonyl (C=O) groups is 1. The summed E-state index contributed by atoms with van der Waals surface area (Å²) < 4.78 is 5.84. The molecule has 1 aromatic rings. The predicted octanol–water partition coefficient (Wildman–Crippen LogP) is 2.53. The molecule has 0 saturated carbocycles. The van der Waals surface area contributed by atoms with Gasteiger partial charge in [0, 0.05) is 18.5 Å². The second kappa shape index (κ2) is 6.69. The molecule has 4 heteroatoms. The van der Waals surface area contributed by atoms with Gasteiger partial charge in [-0.25, -0.2) is 0 Å². The van der Waals surface area contributed by atoms with Crippen LogP contribution in [0.4, 0.5) is 0 Å².